The molecule has 0 aromatic heterocycles. The Morgan fingerprint density at radius 2 is 2.16 bits per heavy atom. The average Bonchev–Trinajstić information content (AvgIpc) is 2.40. The molecule has 102 valence electrons. The lowest BCUT2D eigenvalue weighted by atomic mass is 9.97. The molecule has 0 aliphatic carbocycles. The summed E-state index contributed by atoms with van der Waals surface area (Å²) in [5, 5.41) is 5.66. The van der Waals surface area contributed by atoms with Crippen molar-refractivity contribution in [2.75, 3.05) is 6.54 Å². The number of benzene rings is 1. The summed E-state index contributed by atoms with van der Waals surface area (Å²) in [5.74, 6) is -0.816. The Hall–Kier alpha value is -1.84. The van der Waals surface area contributed by atoms with E-state index in [4.69, 9.17) is 0 Å². The molecular formula is C15H20N2O2. The van der Waals surface area contributed by atoms with Crippen molar-refractivity contribution in [3.63, 3.8) is 0 Å². The fourth-order valence-corrected chi connectivity index (χ4v) is 2.38. The van der Waals surface area contributed by atoms with Crippen LogP contribution in [0.25, 0.3) is 0 Å². The van der Waals surface area contributed by atoms with Gasteiger partial charge in [0.1, 0.15) is 5.92 Å². The summed E-state index contributed by atoms with van der Waals surface area (Å²) in [6.07, 6.45) is 2.30. The Bertz CT molecular complexity index is 445. The van der Waals surface area contributed by atoms with Gasteiger partial charge in [0.25, 0.3) is 0 Å². The zero-order valence-corrected chi connectivity index (χ0v) is 11.2. The summed E-state index contributed by atoms with van der Waals surface area (Å²) < 4.78 is 0. The predicted octanol–water partition coefficient (Wildman–Crippen LogP) is 1.26. The van der Waals surface area contributed by atoms with Crippen LogP contribution in [0, 0.1) is 5.92 Å². The van der Waals surface area contributed by atoms with Gasteiger partial charge in [-0.3, -0.25) is 9.59 Å². The number of piperidine rings is 1. The molecule has 1 aliphatic rings. The zero-order valence-electron chi connectivity index (χ0n) is 11.2. The minimum Gasteiger partial charge on any atom is -0.355 e. The van der Waals surface area contributed by atoms with Gasteiger partial charge in [0, 0.05) is 12.6 Å². The highest BCUT2D eigenvalue weighted by Gasteiger charge is 2.29. The normalized spacial score (nSPS) is 20.5. The molecule has 1 aliphatic heterocycles. The molecule has 0 radical (unpaired) electrons. The number of carbonyl (C=O) groups is 2. The van der Waals surface area contributed by atoms with Gasteiger partial charge in [-0.05, 0) is 31.7 Å². The number of nitrogens with one attached hydrogen (secondary N) is 2. The van der Waals surface area contributed by atoms with E-state index in [0.717, 1.165) is 12.8 Å². The third-order valence-electron chi connectivity index (χ3n) is 3.38. The van der Waals surface area contributed by atoms with E-state index in [1.54, 1.807) is 0 Å². The minimum atomic E-state index is -0.521. The van der Waals surface area contributed by atoms with E-state index in [2.05, 4.69) is 10.6 Å². The smallest absolute Gasteiger partial charge is 0.232 e. The number of rotatable bonds is 4. The lowest BCUT2D eigenvalue weighted by molar-refractivity contribution is -0.137. The number of amides is 2. The van der Waals surface area contributed by atoms with Crippen LogP contribution in [0.1, 0.15) is 25.3 Å². The van der Waals surface area contributed by atoms with Crippen LogP contribution >= 0.6 is 0 Å². The van der Waals surface area contributed by atoms with Crippen LogP contribution in [-0.2, 0) is 16.0 Å². The van der Waals surface area contributed by atoms with E-state index in [1.165, 1.54) is 5.56 Å². The second-order valence-electron chi connectivity index (χ2n) is 5.09. The maximum atomic E-state index is 12.0. The van der Waals surface area contributed by atoms with E-state index in [9.17, 15) is 9.59 Å². The van der Waals surface area contributed by atoms with Crippen LogP contribution in [0.5, 0.6) is 0 Å². The summed E-state index contributed by atoms with van der Waals surface area (Å²) in [4.78, 5) is 23.6. The van der Waals surface area contributed by atoms with Gasteiger partial charge < -0.3 is 10.6 Å². The summed E-state index contributed by atoms with van der Waals surface area (Å²) in [7, 11) is 0. The second-order valence-corrected chi connectivity index (χ2v) is 5.09. The molecule has 2 amide bonds. The molecule has 2 atom stereocenters. The molecule has 4 heteroatoms. The molecule has 1 aromatic carbocycles. The number of hydrogen-bond acceptors (Lipinski definition) is 2. The van der Waals surface area contributed by atoms with Gasteiger partial charge in [-0.25, -0.2) is 0 Å². The van der Waals surface area contributed by atoms with Gasteiger partial charge in [0.05, 0.1) is 0 Å². The Balaban J connectivity index is 1.86. The minimum absolute atomic E-state index is 0.0321. The Morgan fingerprint density at radius 3 is 2.84 bits per heavy atom. The first-order chi connectivity index (χ1) is 9.16. The van der Waals surface area contributed by atoms with Gasteiger partial charge in [0.2, 0.25) is 11.8 Å². The first-order valence-electron chi connectivity index (χ1n) is 6.79. The SMILES string of the molecule is C[C@H](Cc1ccccc1)NC(=O)[C@@H]1CCCNC1=O. The molecule has 2 N–H and O–H groups in total. The van der Waals surface area contributed by atoms with E-state index >= 15 is 0 Å². The molecule has 1 heterocycles. The third kappa shape index (κ3) is 3.81. The molecule has 19 heavy (non-hydrogen) atoms. The van der Waals surface area contributed by atoms with E-state index in [1.807, 2.05) is 37.3 Å². The highest BCUT2D eigenvalue weighted by molar-refractivity contribution is 6.00. The molecule has 2 rings (SSSR count). The van der Waals surface area contributed by atoms with Crippen LogP contribution < -0.4 is 10.6 Å². The average molecular weight is 260 g/mol. The Labute approximate surface area is 113 Å². The lowest BCUT2D eigenvalue weighted by Crippen LogP contribution is -2.47. The van der Waals surface area contributed by atoms with Gasteiger partial charge in [-0.1, -0.05) is 30.3 Å². The largest absolute Gasteiger partial charge is 0.355 e. The molecule has 1 fully saturated rings. The zero-order chi connectivity index (χ0) is 13.7. The van der Waals surface area contributed by atoms with Gasteiger partial charge in [-0.2, -0.15) is 0 Å². The van der Waals surface area contributed by atoms with E-state index in [0.29, 0.717) is 13.0 Å². The van der Waals surface area contributed by atoms with Crippen LogP contribution in [0.4, 0.5) is 0 Å². The summed E-state index contributed by atoms with van der Waals surface area (Å²) in [5.41, 5.74) is 1.18. The fourth-order valence-electron chi connectivity index (χ4n) is 2.38. The molecule has 0 bridgehead atoms. The Kier molecular flexibility index (Phi) is 4.55. The summed E-state index contributed by atoms with van der Waals surface area (Å²) >= 11 is 0. The van der Waals surface area contributed by atoms with Crippen LogP contribution in [0.3, 0.4) is 0 Å². The monoisotopic (exact) mass is 260 g/mol. The van der Waals surface area contributed by atoms with Crippen LogP contribution in [0.15, 0.2) is 30.3 Å². The maximum Gasteiger partial charge on any atom is 0.232 e. The van der Waals surface area contributed by atoms with Crippen molar-refractivity contribution in [3.05, 3.63) is 35.9 Å². The highest BCUT2D eigenvalue weighted by Crippen LogP contribution is 2.12. The van der Waals surface area contributed by atoms with Crippen molar-refractivity contribution in [3.8, 4) is 0 Å². The summed E-state index contributed by atoms with van der Waals surface area (Å²) in [6, 6.07) is 10.0. The number of hydrogen-bond donors (Lipinski definition) is 2. The first-order valence-corrected chi connectivity index (χ1v) is 6.79. The standard InChI is InChI=1S/C15H20N2O2/c1-11(10-12-6-3-2-4-7-12)17-15(19)13-8-5-9-16-14(13)18/h2-4,6-7,11,13H,5,8-10H2,1H3,(H,16,18)(H,17,19)/t11-,13-/m1/s1. The topological polar surface area (TPSA) is 58.2 Å². The molecular weight excluding hydrogens is 240 g/mol. The predicted molar refractivity (Wildman–Crippen MR) is 73.5 cm³/mol. The number of carbonyl (C=O) groups excluding carboxylic acids is 2. The molecule has 0 spiro atoms. The summed E-state index contributed by atoms with van der Waals surface area (Å²) in [6.45, 7) is 2.65. The van der Waals surface area contributed by atoms with Crippen molar-refractivity contribution in [1.29, 1.82) is 0 Å². The van der Waals surface area contributed by atoms with Crippen molar-refractivity contribution in [2.24, 2.45) is 5.92 Å². The fraction of sp³-hybridized carbons (Fsp3) is 0.467. The van der Waals surface area contributed by atoms with Crippen molar-refractivity contribution in [2.45, 2.75) is 32.2 Å². The third-order valence-corrected chi connectivity index (χ3v) is 3.38. The van der Waals surface area contributed by atoms with E-state index < -0.39 is 5.92 Å². The molecule has 0 saturated carbocycles. The highest BCUT2D eigenvalue weighted by atomic mass is 16.2. The van der Waals surface area contributed by atoms with Crippen LogP contribution in [0.2, 0.25) is 0 Å². The van der Waals surface area contributed by atoms with Crippen molar-refractivity contribution in [1.82, 2.24) is 10.6 Å². The van der Waals surface area contributed by atoms with E-state index in [-0.39, 0.29) is 17.9 Å². The lowest BCUT2D eigenvalue weighted by Gasteiger charge is -2.23. The van der Waals surface area contributed by atoms with Gasteiger partial charge in [0.15, 0.2) is 0 Å². The molecule has 4 nitrogen and oxygen atoms in total. The van der Waals surface area contributed by atoms with Gasteiger partial charge in [-0.15, -0.1) is 0 Å². The first kappa shape index (κ1) is 13.6. The molecule has 1 aromatic rings. The second kappa shape index (κ2) is 6.36. The molecule has 0 unspecified atom stereocenters. The van der Waals surface area contributed by atoms with Gasteiger partial charge >= 0.3 is 0 Å². The Morgan fingerprint density at radius 1 is 1.42 bits per heavy atom. The quantitative estimate of drug-likeness (QED) is 0.801. The van der Waals surface area contributed by atoms with Crippen molar-refractivity contribution >= 4 is 11.8 Å². The van der Waals surface area contributed by atoms with Crippen LogP contribution in [-0.4, -0.2) is 24.4 Å². The van der Waals surface area contributed by atoms with Crippen molar-refractivity contribution < 1.29 is 9.59 Å². The maximum absolute atomic E-state index is 12.0. The molecule has 1 saturated heterocycles.